The van der Waals surface area contributed by atoms with Crippen molar-refractivity contribution in [3.8, 4) is 0 Å². The number of benzene rings is 1. The SMILES string of the molecule is CC.Cc1ccc(CC(N)CC(C)C)cc1. The third kappa shape index (κ3) is 6.62. The van der Waals surface area contributed by atoms with Gasteiger partial charge in [0.15, 0.2) is 0 Å². The molecule has 0 heterocycles. The normalized spacial score (nSPS) is 11.9. The van der Waals surface area contributed by atoms with Crippen LogP contribution in [0.5, 0.6) is 0 Å². The lowest BCUT2D eigenvalue weighted by Crippen LogP contribution is -2.24. The third-order valence-electron chi connectivity index (χ3n) is 2.39. The summed E-state index contributed by atoms with van der Waals surface area (Å²) in [5.41, 5.74) is 8.71. The quantitative estimate of drug-likeness (QED) is 0.819. The molecule has 0 amide bonds. The van der Waals surface area contributed by atoms with Crippen LogP contribution < -0.4 is 5.73 Å². The van der Waals surface area contributed by atoms with Crippen LogP contribution in [0.4, 0.5) is 0 Å². The van der Waals surface area contributed by atoms with Crippen molar-refractivity contribution in [1.82, 2.24) is 0 Å². The summed E-state index contributed by atoms with van der Waals surface area (Å²) in [7, 11) is 0. The Morgan fingerprint density at radius 2 is 1.56 bits per heavy atom. The summed E-state index contributed by atoms with van der Waals surface area (Å²) >= 11 is 0. The van der Waals surface area contributed by atoms with Crippen molar-refractivity contribution >= 4 is 0 Å². The Labute approximate surface area is 101 Å². The van der Waals surface area contributed by atoms with E-state index in [2.05, 4.69) is 45.0 Å². The van der Waals surface area contributed by atoms with E-state index in [0.29, 0.717) is 12.0 Å². The minimum absolute atomic E-state index is 0.303. The lowest BCUT2D eigenvalue weighted by molar-refractivity contribution is 0.493. The molecule has 0 aromatic heterocycles. The van der Waals surface area contributed by atoms with Gasteiger partial charge in [0.05, 0.1) is 0 Å². The Bertz CT molecular complexity index is 261. The van der Waals surface area contributed by atoms with E-state index >= 15 is 0 Å². The van der Waals surface area contributed by atoms with Gasteiger partial charge in [0, 0.05) is 6.04 Å². The highest BCUT2D eigenvalue weighted by molar-refractivity contribution is 5.21. The smallest absolute Gasteiger partial charge is 0.00817 e. The molecular weight excluding hydrogens is 194 g/mol. The van der Waals surface area contributed by atoms with Crippen LogP contribution >= 0.6 is 0 Å². The molecule has 0 spiro atoms. The van der Waals surface area contributed by atoms with Crippen LogP contribution in [-0.4, -0.2) is 6.04 Å². The van der Waals surface area contributed by atoms with Gasteiger partial charge in [0.25, 0.3) is 0 Å². The van der Waals surface area contributed by atoms with Gasteiger partial charge in [-0.2, -0.15) is 0 Å². The minimum atomic E-state index is 0.303. The fraction of sp³-hybridized carbons (Fsp3) is 0.600. The zero-order valence-corrected chi connectivity index (χ0v) is 11.5. The topological polar surface area (TPSA) is 26.0 Å². The predicted octanol–water partition coefficient (Wildman–Crippen LogP) is 3.94. The van der Waals surface area contributed by atoms with E-state index in [1.165, 1.54) is 11.1 Å². The maximum atomic E-state index is 6.04. The van der Waals surface area contributed by atoms with Gasteiger partial charge in [0.1, 0.15) is 0 Å². The standard InChI is InChI=1S/C13H21N.C2H6/c1-10(2)8-13(14)9-12-6-4-11(3)5-7-12;1-2/h4-7,10,13H,8-9,14H2,1-3H3;1-2H3. The van der Waals surface area contributed by atoms with Gasteiger partial charge in [-0.25, -0.2) is 0 Å². The molecule has 0 aliphatic heterocycles. The van der Waals surface area contributed by atoms with E-state index in [4.69, 9.17) is 5.73 Å². The first-order valence-corrected chi connectivity index (χ1v) is 6.39. The Balaban J connectivity index is 0.00000106. The maximum Gasteiger partial charge on any atom is 0.00817 e. The number of rotatable bonds is 4. The van der Waals surface area contributed by atoms with Gasteiger partial charge in [-0.15, -0.1) is 0 Å². The number of hydrogen-bond donors (Lipinski definition) is 1. The number of nitrogens with two attached hydrogens (primary N) is 1. The average Bonchev–Trinajstić information content (AvgIpc) is 2.23. The Morgan fingerprint density at radius 1 is 1.06 bits per heavy atom. The van der Waals surface area contributed by atoms with Gasteiger partial charge in [-0.1, -0.05) is 57.5 Å². The first-order valence-electron chi connectivity index (χ1n) is 6.39. The number of hydrogen-bond acceptors (Lipinski definition) is 1. The summed E-state index contributed by atoms with van der Waals surface area (Å²) in [5, 5.41) is 0. The van der Waals surface area contributed by atoms with Crippen molar-refractivity contribution in [1.29, 1.82) is 0 Å². The van der Waals surface area contributed by atoms with Crippen molar-refractivity contribution in [3.63, 3.8) is 0 Å². The summed E-state index contributed by atoms with van der Waals surface area (Å²) in [6, 6.07) is 8.96. The van der Waals surface area contributed by atoms with Crippen molar-refractivity contribution in [2.45, 2.75) is 53.5 Å². The first-order chi connectivity index (χ1) is 7.58. The highest BCUT2D eigenvalue weighted by Gasteiger charge is 2.05. The van der Waals surface area contributed by atoms with Crippen molar-refractivity contribution < 1.29 is 0 Å². The lowest BCUT2D eigenvalue weighted by Gasteiger charge is -2.13. The molecule has 1 aromatic rings. The van der Waals surface area contributed by atoms with Crippen LogP contribution in [0.3, 0.4) is 0 Å². The van der Waals surface area contributed by atoms with Crippen LogP contribution in [0.1, 0.15) is 45.2 Å². The average molecular weight is 221 g/mol. The summed E-state index contributed by atoms with van der Waals surface area (Å²) in [6.45, 7) is 10.5. The highest BCUT2D eigenvalue weighted by Crippen LogP contribution is 2.10. The first kappa shape index (κ1) is 15.2. The zero-order valence-electron chi connectivity index (χ0n) is 11.5. The molecule has 0 bridgehead atoms. The largest absolute Gasteiger partial charge is 0.327 e. The van der Waals surface area contributed by atoms with Gasteiger partial charge >= 0.3 is 0 Å². The second-order valence-electron chi connectivity index (χ2n) is 4.58. The molecule has 2 N–H and O–H groups in total. The van der Waals surface area contributed by atoms with E-state index in [-0.39, 0.29) is 0 Å². The van der Waals surface area contributed by atoms with Crippen LogP contribution in [0.2, 0.25) is 0 Å². The Morgan fingerprint density at radius 3 is 2.00 bits per heavy atom. The molecule has 0 fully saturated rings. The van der Waals surface area contributed by atoms with Crippen LogP contribution in [0, 0.1) is 12.8 Å². The van der Waals surface area contributed by atoms with Crippen molar-refractivity contribution in [3.05, 3.63) is 35.4 Å². The zero-order chi connectivity index (χ0) is 12.6. The molecule has 1 heteroatoms. The summed E-state index contributed by atoms with van der Waals surface area (Å²) < 4.78 is 0. The van der Waals surface area contributed by atoms with Crippen molar-refractivity contribution in [2.24, 2.45) is 11.7 Å². The molecule has 16 heavy (non-hydrogen) atoms. The van der Waals surface area contributed by atoms with Gasteiger partial charge in [-0.3, -0.25) is 0 Å². The summed E-state index contributed by atoms with van der Waals surface area (Å²) in [4.78, 5) is 0. The maximum absolute atomic E-state index is 6.04. The minimum Gasteiger partial charge on any atom is -0.327 e. The highest BCUT2D eigenvalue weighted by atomic mass is 14.6. The van der Waals surface area contributed by atoms with Crippen molar-refractivity contribution in [2.75, 3.05) is 0 Å². The molecule has 0 saturated carbocycles. The second kappa shape index (κ2) is 8.35. The molecule has 92 valence electrons. The fourth-order valence-corrected chi connectivity index (χ4v) is 1.72. The van der Waals surface area contributed by atoms with E-state index in [1.807, 2.05) is 13.8 Å². The molecule has 1 nitrogen and oxygen atoms in total. The molecular formula is C15H27N. The molecule has 1 aromatic carbocycles. The van der Waals surface area contributed by atoms with E-state index in [9.17, 15) is 0 Å². The van der Waals surface area contributed by atoms with E-state index in [0.717, 1.165) is 12.8 Å². The fourth-order valence-electron chi connectivity index (χ4n) is 1.72. The second-order valence-corrected chi connectivity index (χ2v) is 4.58. The Kier molecular flexibility index (Phi) is 7.92. The molecule has 1 atom stereocenters. The van der Waals surface area contributed by atoms with Gasteiger partial charge < -0.3 is 5.73 Å². The molecule has 0 aliphatic rings. The molecule has 0 radical (unpaired) electrons. The lowest BCUT2D eigenvalue weighted by atomic mass is 9.98. The van der Waals surface area contributed by atoms with Crippen LogP contribution in [0.25, 0.3) is 0 Å². The van der Waals surface area contributed by atoms with E-state index in [1.54, 1.807) is 0 Å². The van der Waals surface area contributed by atoms with Crippen LogP contribution in [0.15, 0.2) is 24.3 Å². The van der Waals surface area contributed by atoms with Crippen LogP contribution in [-0.2, 0) is 6.42 Å². The Hall–Kier alpha value is -0.820. The monoisotopic (exact) mass is 221 g/mol. The molecule has 0 saturated heterocycles. The van der Waals surface area contributed by atoms with E-state index < -0.39 is 0 Å². The van der Waals surface area contributed by atoms with Gasteiger partial charge in [-0.05, 0) is 31.2 Å². The molecule has 0 aliphatic carbocycles. The summed E-state index contributed by atoms with van der Waals surface area (Å²) in [5.74, 6) is 0.690. The summed E-state index contributed by atoms with van der Waals surface area (Å²) in [6.07, 6.45) is 2.10. The molecule has 1 unspecified atom stereocenters. The molecule has 1 rings (SSSR count). The number of aryl methyl sites for hydroxylation is 1. The third-order valence-corrected chi connectivity index (χ3v) is 2.39. The van der Waals surface area contributed by atoms with Gasteiger partial charge in [0.2, 0.25) is 0 Å². The predicted molar refractivity (Wildman–Crippen MR) is 73.7 cm³/mol.